The summed E-state index contributed by atoms with van der Waals surface area (Å²) in [6.07, 6.45) is 2.72. The van der Waals surface area contributed by atoms with Crippen LogP contribution >= 0.6 is 11.8 Å². The smallest absolute Gasteiger partial charge is 0.303 e. The molecule has 4 aromatic rings. The predicted octanol–water partition coefficient (Wildman–Crippen LogP) is 5.56. The molecule has 1 aromatic heterocycles. The van der Waals surface area contributed by atoms with Gasteiger partial charge in [-0.15, -0.1) is 5.10 Å². The van der Waals surface area contributed by atoms with E-state index in [1.54, 1.807) is 28.9 Å². The van der Waals surface area contributed by atoms with E-state index in [1.807, 2.05) is 48.5 Å². The van der Waals surface area contributed by atoms with Crippen LogP contribution in [0.3, 0.4) is 0 Å². The van der Waals surface area contributed by atoms with Crippen molar-refractivity contribution in [3.63, 3.8) is 0 Å². The lowest BCUT2D eigenvalue weighted by Crippen LogP contribution is -2.31. The van der Waals surface area contributed by atoms with Gasteiger partial charge in [0.15, 0.2) is 6.29 Å². The van der Waals surface area contributed by atoms with Crippen molar-refractivity contribution >= 4 is 29.3 Å². The minimum Gasteiger partial charge on any atom is -0.508 e. The zero-order valence-corrected chi connectivity index (χ0v) is 26.0. The summed E-state index contributed by atoms with van der Waals surface area (Å²) >= 11 is 1.45. The number of nitrogens with zero attached hydrogens (tertiary/aromatic N) is 4. The molecule has 4 N–H and O–H groups in total. The predicted molar refractivity (Wildman–Crippen MR) is 170 cm³/mol. The van der Waals surface area contributed by atoms with Gasteiger partial charge in [-0.05, 0) is 70.8 Å². The molecular formula is C33H37N5O7S. The Hall–Kier alpha value is -4.30. The van der Waals surface area contributed by atoms with Crippen LogP contribution in [0, 0.1) is 0 Å². The minimum absolute atomic E-state index is 0.0458. The number of carboxylic acids is 1. The van der Waals surface area contributed by atoms with Gasteiger partial charge in [0.2, 0.25) is 11.1 Å². The van der Waals surface area contributed by atoms with Gasteiger partial charge in [0.1, 0.15) is 5.75 Å². The fourth-order valence-corrected chi connectivity index (χ4v) is 6.02. The lowest BCUT2D eigenvalue weighted by Gasteiger charge is -2.36. The van der Waals surface area contributed by atoms with Crippen LogP contribution < -0.4 is 5.32 Å². The van der Waals surface area contributed by atoms with Crippen molar-refractivity contribution in [2.45, 2.75) is 75.2 Å². The van der Waals surface area contributed by atoms with Gasteiger partial charge in [-0.3, -0.25) is 9.59 Å². The molecule has 3 atom stereocenters. The standard InChI is InChI=1S/C33H37N5O7S/c39-20-22-10-12-23(13-11-22)29-19-28(21-46-33-35-36-37-38(33)26-14-16-27(40)17-15-26)44-32(45-29)24-6-5-7-25(18-24)34-30(41)8-3-1-2-4-9-31(42)43/h5-7,10-18,28-29,32,39-40H,1-4,8-9,19-21H2,(H,34,41)(H,42,43)/t28-,29+,32+/m1/s1. The van der Waals surface area contributed by atoms with Crippen molar-refractivity contribution < 1.29 is 34.4 Å². The average Bonchev–Trinajstić information content (AvgIpc) is 3.54. The van der Waals surface area contributed by atoms with Crippen LogP contribution in [-0.4, -0.2) is 59.3 Å². The number of hydrogen-bond acceptors (Lipinski definition) is 10. The largest absolute Gasteiger partial charge is 0.508 e. The number of carboxylic acid groups (broad SMARTS) is 1. The van der Waals surface area contributed by atoms with Crippen LogP contribution in [0.15, 0.2) is 78.0 Å². The van der Waals surface area contributed by atoms with E-state index in [9.17, 15) is 19.8 Å². The highest BCUT2D eigenvalue weighted by molar-refractivity contribution is 7.99. The molecule has 0 spiro atoms. The van der Waals surface area contributed by atoms with Gasteiger partial charge in [0.25, 0.3) is 0 Å². The molecule has 2 heterocycles. The highest BCUT2D eigenvalue weighted by atomic mass is 32.2. The number of ether oxygens (including phenoxy) is 2. The van der Waals surface area contributed by atoms with Crippen molar-refractivity contribution in [1.29, 1.82) is 0 Å². The van der Waals surface area contributed by atoms with Crippen molar-refractivity contribution in [1.82, 2.24) is 20.2 Å². The molecule has 242 valence electrons. The number of phenols is 1. The highest BCUT2D eigenvalue weighted by Gasteiger charge is 2.33. The SMILES string of the molecule is O=C(O)CCCCCCC(=O)Nc1cccc([C@H]2O[C@@H](CSc3nnnn3-c3ccc(O)cc3)C[C@@H](c3ccc(CO)cc3)O2)c1. The van der Waals surface area contributed by atoms with Gasteiger partial charge in [0, 0.05) is 36.3 Å². The molecule has 5 rings (SSSR count). The fourth-order valence-electron chi connectivity index (χ4n) is 5.12. The molecule has 1 amide bonds. The van der Waals surface area contributed by atoms with Crippen LogP contribution in [0.4, 0.5) is 5.69 Å². The quantitative estimate of drug-likeness (QED) is 0.0941. The number of anilines is 1. The monoisotopic (exact) mass is 647 g/mol. The summed E-state index contributed by atoms with van der Waals surface area (Å²) in [4.78, 5) is 23.3. The zero-order valence-electron chi connectivity index (χ0n) is 25.2. The normalized spacial score (nSPS) is 17.9. The number of amides is 1. The van der Waals surface area contributed by atoms with Crippen LogP contribution in [0.25, 0.3) is 5.69 Å². The summed E-state index contributed by atoms with van der Waals surface area (Å²) in [7, 11) is 0. The van der Waals surface area contributed by atoms with E-state index in [0.717, 1.165) is 35.2 Å². The number of aliphatic hydroxyl groups is 1. The average molecular weight is 648 g/mol. The van der Waals surface area contributed by atoms with E-state index in [1.165, 1.54) is 11.8 Å². The van der Waals surface area contributed by atoms with Gasteiger partial charge in [-0.25, -0.2) is 0 Å². The summed E-state index contributed by atoms with van der Waals surface area (Å²) in [6.45, 7) is -0.0458. The maximum Gasteiger partial charge on any atom is 0.303 e. The first kappa shape index (κ1) is 33.1. The van der Waals surface area contributed by atoms with Gasteiger partial charge < -0.3 is 30.1 Å². The van der Waals surface area contributed by atoms with E-state index in [4.69, 9.17) is 14.6 Å². The summed E-state index contributed by atoms with van der Waals surface area (Å²) < 4.78 is 14.5. The van der Waals surface area contributed by atoms with E-state index < -0.39 is 12.3 Å². The molecule has 13 heteroatoms. The molecule has 12 nitrogen and oxygen atoms in total. The number of aromatic hydroxyl groups is 1. The first-order valence-corrected chi connectivity index (χ1v) is 16.2. The number of carbonyl (C=O) groups excluding carboxylic acids is 1. The number of aromatic nitrogens is 4. The summed E-state index contributed by atoms with van der Waals surface area (Å²) in [5.74, 6) is -0.221. The van der Waals surface area contributed by atoms with E-state index in [-0.39, 0.29) is 36.9 Å². The van der Waals surface area contributed by atoms with Gasteiger partial charge in [-0.2, -0.15) is 4.68 Å². The maximum absolute atomic E-state index is 12.6. The van der Waals surface area contributed by atoms with Crippen LogP contribution in [0.2, 0.25) is 0 Å². The third kappa shape index (κ3) is 9.36. The second-order valence-corrected chi connectivity index (χ2v) is 12.0. The van der Waals surface area contributed by atoms with Crippen molar-refractivity contribution in [3.05, 3.63) is 89.5 Å². The molecule has 46 heavy (non-hydrogen) atoms. The third-order valence-electron chi connectivity index (χ3n) is 7.54. The number of rotatable bonds is 15. The number of phenolic OH excluding ortho intramolecular Hbond substituents is 1. The lowest BCUT2D eigenvalue weighted by molar-refractivity contribution is -0.245. The second kappa shape index (κ2) is 16.3. The number of tetrazole rings is 1. The highest BCUT2D eigenvalue weighted by Crippen LogP contribution is 2.40. The molecular weight excluding hydrogens is 610 g/mol. The number of carbonyl (C=O) groups is 2. The second-order valence-electron chi connectivity index (χ2n) is 11.0. The van der Waals surface area contributed by atoms with Crippen LogP contribution in [0.5, 0.6) is 5.75 Å². The molecule has 0 unspecified atom stereocenters. The molecule has 1 fully saturated rings. The van der Waals surface area contributed by atoms with Gasteiger partial charge in [-0.1, -0.05) is 61.0 Å². The lowest BCUT2D eigenvalue weighted by atomic mass is 10.0. The number of nitrogens with one attached hydrogen (secondary N) is 1. The molecule has 0 saturated carbocycles. The first-order valence-electron chi connectivity index (χ1n) is 15.2. The molecule has 1 aliphatic heterocycles. The Morgan fingerprint density at radius 1 is 0.935 bits per heavy atom. The molecule has 1 saturated heterocycles. The number of thioether (sulfide) groups is 1. The molecule has 0 aliphatic carbocycles. The summed E-state index contributed by atoms with van der Waals surface area (Å²) in [5, 5.41) is 43.6. The Morgan fingerprint density at radius 3 is 2.43 bits per heavy atom. The molecule has 0 bridgehead atoms. The number of benzene rings is 3. The van der Waals surface area contributed by atoms with Crippen molar-refractivity contribution in [2.24, 2.45) is 0 Å². The Balaban J connectivity index is 1.26. The van der Waals surface area contributed by atoms with Gasteiger partial charge >= 0.3 is 5.97 Å². The third-order valence-corrected chi connectivity index (χ3v) is 8.59. The number of hydrogen-bond donors (Lipinski definition) is 4. The number of aliphatic hydroxyl groups excluding tert-OH is 1. The topological polar surface area (TPSA) is 169 Å². The van der Waals surface area contributed by atoms with E-state index in [2.05, 4.69) is 20.8 Å². The summed E-state index contributed by atoms with van der Waals surface area (Å²) in [6, 6.07) is 21.7. The van der Waals surface area contributed by atoms with Crippen LogP contribution in [0.1, 0.15) is 74.0 Å². The zero-order chi connectivity index (χ0) is 32.3. The van der Waals surface area contributed by atoms with Crippen molar-refractivity contribution in [2.75, 3.05) is 11.1 Å². The molecule has 3 aromatic carbocycles. The summed E-state index contributed by atoms with van der Waals surface area (Å²) in [5.41, 5.74) is 3.88. The Labute approximate surface area is 270 Å². The van der Waals surface area contributed by atoms with E-state index >= 15 is 0 Å². The molecule has 0 radical (unpaired) electrons. The van der Waals surface area contributed by atoms with Gasteiger partial charge in [0.05, 0.1) is 24.5 Å². The van der Waals surface area contributed by atoms with Crippen LogP contribution in [-0.2, 0) is 25.7 Å². The first-order chi connectivity index (χ1) is 22.4. The molecule has 1 aliphatic rings. The number of unbranched alkanes of at least 4 members (excludes halogenated alkanes) is 3. The van der Waals surface area contributed by atoms with E-state index in [0.29, 0.717) is 42.3 Å². The minimum atomic E-state index is -0.799. The fraction of sp³-hybridized carbons (Fsp3) is 0.364. The Bertz CT molecular complexity index is 1580. The Morgan fingerprint density at radius 2 is 1.70 bits per heavy atom. The maximum atomic E-state index is 12.6. The Kier molecular flexibility index (Phi) is 11.7. The van der Waals surface area contributed by atoms with Crippen molar-refractivity contribution in [3.8, 4) is 11.4 Å². The number of aliphatic carboxylic acids is 1.